The summed E-state index contributed by atoms with van der Waals surface area (Å²) in [7, 11) is 0. The average molecular weight is 635 g/mol. The van der Waals surface area contributed by atoms with E-state index in [1.807, 2.05) is 24.3 Å². The van der Waals surface area contributed by atoms with Crippen molar-refractivity contribution in [3.63, 3.8) is 0 Å². The van der Waals surface area contributed by atoms with Crippen molar-refractivity contribution in [1.29, 1.82) is 0 Å². The second-order valence-electron chi connectivity index (χ2n) is 11.7. The Labute approximate surface area is 275 Å². The number of halogens is 3. The summed E-state index contributed by atoms with van der Waals surface area (Å²) in [6.45, 7) is 14.9. The van der Waals surface area contributed by atoms with E-state index in [1.165, 1.54) is 58.7 Å². The molecular weight excluding hydrogens is 585 g/mol. The lowest BCUT2D eigenvalue weighted by atomic mass is 9.87. The zero-order valence-electron chi connectivity index (χ0n) is 27.0. The van der Waals surface area contributed by atoms with Crippen molar-refractivity contribution >= 4 is 34.2 Å². The van der Waals surface area contributed by atoms with E-state index in [2.05, 4.69) is 46.1 Å². The van der Waals surface area contributed by atoms with Gasteiger partial charge in [-0.05, 0) is 103 Å². The number of unbranched alkanes of at least 4 members (excludes halogenated alkanes) is 1. The minimum Gasteiger partial charge on any atom is -0.298 e. The Morgan fingerprint density at radius 1 is 0.804 bits per heavy atom. The van der Waals surface area contributed by atoms with Crippen molar-refractivity contribution in [3.8, 4) is 0 Å². The summed E-state index contributed by atoms with van der Waals surface area (Å²) in [5.41, 5.74) is 2.70. The van der Waals surface area contributed by atoms with E-state index in [9.17, 15) is 27.6 Å². The number of rotatable bonds is 10. The molecule has 0 amide bonds. The number of allylic oxidation sites excluding steroid dienone is 1. The number of hydrogen-bond donors (Lipinski definition) is 0. The Balaban J connectivity index is 0. The van der Waals surface area contributed by atoms with E-state index in [0.717, 1.165) is 24.1 Å². The summed E-state index contributed by atoms with van der Waals surface area (Å²) in [5, 5.41) is 2.42. The van der Waals surface area contributed by atoms with Gasteiger partial charge in [0.25, 0.3) is 0 Å². The molecule has 1 aliphatic carbocycles. The van der Waals surface area contributed by atoms with Crippen molar-refractivity contribution in [3.05, 3.63) is 137 Å². The number of aryl methyl sites for hydroxylation is 2. The minimum atomic E-state index is -1.13. The van der Waals surface area contributed by atoms with Gasteiger partial charge in [0, 0.05) is 29.7 Å². The van der Waals surface area contributed by atoms with Crippen LogP contribution in [-0.2, 0) is 22.4 Å². The molecule has 0 radical (unpaired) electrons. The molecule has 1 aliphatic rings. The predicted octanol–water partition coefficient (Wildman–Crippen LogP) is 11.1. The van der Waals surface area contributed by atoms with Crippen LogP contribution in [0.15, 0.2) is 86.0 Å². The van der Waals surface area contributed by atoms with Crippen LogP contribution >= 0.6 is 0 Å². The van der Waals surface area contributed by atoms with Gasteiger partial charge in [0.1, 0.15) is 17.5 Å². The molecule has 4 aromatic rings. The molecule has 5 rings (SSSR count). The van der Waals surface area contributed by atoms with Gasteiger partial charge in [-0.25, -0.2) is 13.2 Å². The largest absolute Gasteiger partial charge is 0.298 e. The summed E-state index contributed by atoms with van der Waals surface area (Å²) in [4.78, 5) is 36.5. The highest BCUT2D eigenvalue weighted by Crippen LogP contribution is 2.49. The normalized spacial score (nSPS) is 12.6. The number of benzene rings is 4. The molecule has 46 heavy (non-hydrogen) atoms. The highest BCUT2D eigenvalue weighted by atomic mass is 19.1. The zero-order chi connectivity index (χ0) is 34.0. The van der Waals surface area contributed by atoms with Gasteiger partial charge in [0.15, 0.2) is 17.3 Å². The Morgan fingerprint density at radius 2 is 1.41 bits per heavy atom. The molecule has 1 fully saturated rings. The highest BCUT2D eigenvalue weighted by Gasteiger charge is 2.54. The Hall–Kier alpha value is -4.58. The summed E-state index contributed by atoms with van der Waals surface area (Å²) in [6, 6.07) is 17.6. The maximum atomic E-state index is 14.1. The number of Topliss-reactive ketones (excluding diaryl/α,β-unsaturated/α-hetero) is 3. The van der Waals surface area contributed by atoms with Crippen LogP contribution in [0, 0.1) is 36.7 Å². The maximum Gasteiger partial charge on any atom is 0.159 e. The Bertz CT molecular complexity index is 1770. The lowest BCUT2D eigenvalue weighted by Gasteiger charge is -2.14. The molecule has 4 aromatic carbocycles. The molecule has 0 atom stereocenters. The van der Waals surface area contributed by atoms with Gasteiger partial charge in [0.2, 0.25) is 0 Å². The molecule has 1 saturated carbocycles. The monoisotopic (exact) mass is 634 g/mol. The molecule has 6 heteroatoms. The van der Waals surface area contributed by atoms with Crippen LogP contribution in [0.5, 0.6) is 0 Å². The molecule has 0 bridgehead atoms. The van der Waals surface area contributed by atoms with Crippen LogP contribution in [0.4, 0.5) is 13.2 Å². The minimum absolute atomic E-state index is 0. The molecule has 0 unspecified atom stereocenters. The van der Waals surface area contributed by atoms with Gasteiger partial charge in [-0.1, -0.05) is 68.5 Å². The molecular formula is C40H49F3O3. The first-order valence-corrected chi connectivity index (χ1v) is 15.4. The van der Waals surface area contributed by atoms with Crippen molar-refractivity contribution in [2.75, 3.05) is 0 Å². The number of carbonyl (C=O) groups excluding carboxylic acids is 3. The Kier molecular flexibility index (Phi) is 12.6. The number of ketones is 3. The highest BCUT2D eigenvalue weighted by molar-refractivity contribution is 6.11. The zero-order valence-corrected chi connectivity index (χ0v) is 27.0. The molecule has 0 spiro atoms. The van der Waals surface area contributed by atoms with Gasteiger partial charge in [-0.2, -0.15) is 0 Å². The smallest absolute Gasteiger partial charge is 0.159 e. The van der Waals surface area contributed by atoms with E-state index < -0.39 is 28.6 Å². The van der Waals surface area contributed by atoms with Crippen LogP contribution in [0.1, 0.15) is 83.4 Å². The first kappa shape index (κ1) is 35.9. The van der Waals surface area contributed by atoms with Gasteiger partial charge < -0.3 is 0 Å². The third-order valence-corrected chi connectivity index (χ3v) is 8.18. The first-order valence-electron chi connectivity index (χ1n) is 15.4. The van der Waals surface area contributed by atoms with E-state index in [1.54, 1.807) is 6.92 Å². The fraction of sp³-hybridized carbons (Fsp3) is 0.275. The molecule has 0 aliphatic heterocycles. The van der Waals surface area contributed by atoms with Crippen LogP contribution in [-0.4, -0.2) is 17.3 Å². The van der Waals surface area contributed by atoms with Gasteiger partial charge >= 0.3 is 0 Å². The molecule has 3 nitrogen and oxygen atoms in total. The number of carbonyl (C=O) groups is 3. The third kappa shape index (κ3) is 9.00. The van der Waals surface area contributed by atoms with Gasteiger partial charge in [-0.3, -0.25) is 14.4 Å². The molecule has 0 aromatic heterocycles. The van der Waals surface area contributed by atoms with Crippen LogP contribution in [0.2, 0.25) is 0 Å². The van der Waals surface area contributed by atoms with E-state index in [-0.39, 0.29) is 41.2 Å². The number of hydrogen-bond acceptors (Lipinski definition) is 3. The predicted molar refractivity (Wildman–Crippen MR) is 189 cm³/mol. The standard InChI is InChI=1S/C21H17F3O2.C14H14O.C5H10.4H2/c1-2-14-10-18(24)15(11-17(14)23)12-20(26)21(7-8-21)19(25)9-13-3-5-16(22)6-4-13;1-9-4-5-10(2)14-8-12(11(3)15)6-7-13(9)14;1-3-5-4-2;;;;/h2-6,10-11H,1,7-9,12H2;4-8H,1-3H3;3H,1,4-5H2,2H3;4*1H. The molecule has 0 saturated heterocycles. The fourth-order valence-electron chi connectivity index (χ4n) is 5.10. The first-order chi connectivity index (χ1) is 21.9. The van der Waals surface area contributed by atoms with Crippen molar-refractivity contribution in [2.24, 2.45) is 5.41 Å². The Morgan fingerprint density at radius 3 is 1.93 bits per heavy atom. The van der Waals surface area contributed by atoms with Crippen LogP contribution in [0.25, 0.3) is 16.8 Å². The van der Waals surface area contributed by atoms with E-state index in [0.29, 0.717) is 18.4 Å². The summed E-state index contributed by atoms with van der Waals surface area (Å²) >= 11 is 0. The van der Waals surface area contributed by atoms with Gasteiger partial charge in [0.05, 0.1) is 5.41 Å². The fourth-order valence-corrected chi connectivity index (χ4v) is 5.10. The van der Waals surface area contributed by atoms with Crippen LogP contribution < -0.4 is 0 Å². The van der Waals surface area contributed by atoms with E-state index in [4.69, 9.17) is 0 Å². The average Bonchev–Trinajstić information content (AvgIpc) is 3.85. The van der Waals surface area contributed by atoms with Crippen LogP contribution in [0.3, 0.4) is 0 Å². The maximum absolute atomic E-state index is 14.1. The lowest BCUT2D eigenvalue weighted by molar-refractivity contribution is -0.133. The lowest BCUT2D eigenvalue weighted by Crippen LogP contribution is -2.29. The third-order valence-electron chi connectivity index (χ3n) is 8.18. The molecule has 248 valence electrons. The van der Waals surface area contributed by atoms with Crippen molar-refractivity contribution < 1.29 is 33.3 Å². The second kappa shape index (κ2) is 16.1. The second-order valence-corrected chi connectivity index (χ2v) is 11.7. The quantitative estimate of drug-likeness (QED) is 0.0991. The summed E-state index contributed by atoms with van der Waals surface area (Å²) in [6.07, 6.45) is 5.98. The number of fused-ring (bicyclic) bond motifs is 1. The summed E-state index contributed by atoms with van der Waals surface area (Å²) in [5.74, 6) is -2.31. The molecule has 0 N–H and O–H groups in total. The molecule has 0 heterocycles. The topological polar surface area (TPSA) is 51.2 Å². The van der Waals surface area contributed by atoms with E-state index >= 15 is 0 Å². The van der Waals surface area contributed by atoms with Crippen molar-refractivity contribution in [2.45, 2.75) is 66.2 Å². The van der Waals surface area contributed by atoms with Crippen molar-refractivity contribution in [1.82, 2.24) is 0 Å². The summed E-state index contributed by atoms with van der Waals surface area (Å²) < 4.78 is 40.9. The van der Waals surface area contributed by atoms with Gasteiger partial charge in [-0.15, -0.1) is 6.58 Å². The SMILES string of the molecule is C=CCCC.C=Cc1cc(F)c(CC(=O)C2(C(=O)Cc3ccc(F)cc3)CC2)cc1F.CC(=O)c1ccc2c(C)ccc(C)c2c1.[HH].[HH].[HH].[HH].